The number of benzene rings is 3. The van der Waals surface area contributed by atoms with E-state index in [2.05, 4.69) is 5.32 Å². The Bertz CT molecular complexity index is 1520. The maximum absolute atomic E-state index is 14.2. The lowest BCUT2D eigenvalue weighted by Crippen LogP contribution is -2.48. The van der Waals surface area contributed by atoms with E-state index >= 15 is 0 Å². The molecule has 1 unspecified atom stereocenters. The molecule has 0 bridgehead atoms. The van der Waals surface area contributed by atoms with Crippen LogP contribution in [0.3, 0.4) is 0 Å². The van der Waals surface area contributed by atoms with E-state index in [1.54, 1.807) is 72.8 Å². The molecule has 0 amide bonds. The summed E-state index contributed by atoms with van der Waals surface area (Å²) in [6, 6.07) is 20.8. The fourth-order valence-corrected chi connectivity index (χ4v) is 5.68. The van der Waals surface area contributed by atoms with Crippen molar-refractivity contribution in [2.45, 2.75) is 12.3 Å². The number of fused-ring (bicyclic) bond motifs is 3. The Morgan fingerprint density at radius 2 is 1.53 bits per heavy atom. The van der Waals surface area contributed by atoms with Crippen molar-refractivity contribution in [1.29, 1.82) is 0 Å². The Morgan fingerprint density at radius 1 is 0.861 bits per heavy atom. The van der Waals surface area contributed by atoms with Crippen LogP contribution in [0.1, 0.15) is 49.0 Å². The van der Waals surface area contributed by atoms with Gasteiger partial charge < -0.3 is 10.2 Å². The molecule has 3 aromatic carbocycles. The van der Waals surface area contributed by atoms with E-state index in [0.717, 1.165) is 6.42 Å². The van der Waals surface area contributed by atoms with E-state index in [0.29, 0.717) is 68.1 Å². The van der Waals surface area contributed by atoms with Crippen LogP contribution in [0, 0.1) is 0 Å². The van der Waals surface area contributed by atoms with E-state index < -0.39 is 5.92 Å². The number of carbonyl (C=O) groups is 3. The Morgan fingerprint density at radius 3 is 2.25 bits per heavy atom. The van der Waals surface area contributed by atoms with Crippen LogP contribution in [-0.4, -0.2) is 35.3 Å². The van der Waals surface area contributed by atoms with E-state index in [1.165, 1.54) is 0 Å². The summed E-state index contributed by atoms with van der Waals surface area (Å²) in [4.78, 5) is 43.9. The Labute approximate surface area is 218 Å². The summed E-state index contributed by atoms with van der Waals surface area (Å²) >= 11 is 12.6. The Balaban J connectivity index is 1.65. The molecule has 1 atom stereocenters. The van der Waals surface area contributed by atoms with Gasteiger partial charge in [-0.25, -0.2) is 0 Å². The molecule has 0 aromatic heterocycles. The van der Waals surface area contributed by atoms with Crippen LogP contribution >= 0.6 is 23.2 Å². The van der Waals surface area contributed by atoms with Gasteiger partial charge in [-0.3, -0.25) is 14.4 Å². The zero-order valence-electron chi connectivity index (χ0n) is 19.1. The maximum atomic E-state index is 14.2. The molecule has 1 aliphatic carbocycles. The molecular weight excluding hydrogens is 495 g/mol. The average molecular weight is 515 g/mol. The topological polar surface area (TPSA) is 66.5 Å². The zero-order chi connectivity index (χ0) is 25.0. The van der Waals surface area contributed by atoms with Crippen LogP contribution in [-0.2, 0) is 0 Å². The number of hydrogen-bond donors (Lipinski definition) is 1. The molecule has 1 N–H and O–H groups in total. The van der Waals surface area contributed by atoms with Crippen molar-refractivity contribution in [3.63, 3.8) is 0 Å². The van der Waals surface area contributed by atoms with Crippen molar-refractivity contribution in [2.24, 2.45) is 0 Å². The molecule has 0 radical (unpaired) electrons. The van der Waals surface area contributed by atoms with Gasteiger partial charge in [-0.05, 0) is 36.2 Å². The quantitative estimate of drug-likeness (QED) is 0.446. The smallest absolute Gasteiger partial charge is 0.210 e. The standard InChI is InChI=1S/C29H20Cl2N2O3/c30-17-12-10-16(11-13-17)22-23-25(28(36)19-7-2-1-6-18(19)26(23)34)33-15-5-14-32-29(33)24(22)27(35)20-8-3-4-9-21(20)31/h1-4,6-13,22,32H,5,14-15H2. The summed E-state index contributed by atoms with van der Waals surface area (Å²) < 4.78 is 0. The van der Waals surface area contributed by atoms with E-state index in [-0.39, 0.29) is 17.3 Å². The Kier molecular flexibility index (Phi) is 5.55. The molecule has 36 heavy (non-hydrogen) atoms. The first-order chi connectivity index (χ1) is 17.5. The van der Waals surface area contributed by atoms with Crippen molar-refractivity contribution in [1.82, 2.24) is 10.2 Å². The van der Waals surface area contributed by atoms with Gasteiger partial charge in [0, 0.05) is 46.3 Å². The minimum absolute atomic E-state index is 0.218. The molecule has 5 nitrogen and oxygen atoms in total. The van der Waals surface area contributed by atoms with Crippen molar-refractivity contribution in [3.05, 3.63) is 128 Å². The predicted octanol–water partition coefficient (Wildman–Crippen LogP) is 5.81. The largest absolute Gasteiger partial charge is 0.371 e. The SMILES string of the molecule is O=C(C1=C2NCCCN2C2=C(C(=O)c3ccccc3C2=O)C1c1ccc(Cl)cc1)c1ccccc1Cl. The minimum atomic E-state index is -0.775. The van der Waals surface area contributed by atoms with Crippen molar-refractivity contribution >= 4 is 40.6 Å². The number of carbonyl (C=O) groups excluding carboxylic acids is 3. The fourth-order valence-electron chi connectivity index (χ4n) is 5.33. The van der Waals surface area contributed by atoms with Gasteiger partial charge in [-0.1, -0.05) is 71.7 Å². The molecule has 7 heteroatoms. The lowest BCUT2D eigenvalue weighted by molar-refractivity contribution is 0.0923. The molecule has 0 saturated carbocycles. The van der Waals surface area contributed by atoms with Crippen LogP contribution in [0.25, 0.3) is 0 Å². The number of rotatable bonds is 3. The van der Waals surface area contributed by atoms with Crippen LogP contribution in [0.15, 0.2) is 95.5 Å². The van der Waals surface area contributed by atoms with Gasteiger partial charge in [-0.15, -0.1) is 0 Å². The molecule has 1 fully saturated rings. The summed E-state index contributed by atoms with van der Waals surface area (Å²) in [6.07, 6.45) is 0.753. The normalized spacial score (nSPS) is 18.9. The fraction of sp³-hybridized carbons (Fsp3) is 0.138. The highest BCUT2D eigenvalue weighted by atomic mass is 35.5. The van der Waals surface area contributed by atoms with Gasteiger partial charge in [0.1, 0.15) is 5.82 Å². The minimum Gasteiger partial charge on any atom is -0.371 e. The predicted molar refractivity (Wildman–Crippen MR) is 138 cm³/mol. The lowest BCUT2D eigenvalue weighted by Gasteiger charge is -2.44. The summed E-state index contributed by atoms with van der Waals surface area (Å²) in [7, 11) is 0. The first kappa shape index (κ1) is 22.8. The highest BCUT2D eigenvalue weighted by Gasteiger charge is 2.47. The highest BCUT2D eigenvalue weighted by Crippen LogP contribution is 2.47. The van der Waals surface area contributed by atoms with Gasteiger partial charge in [0.2, 0.25) is 5.78 Å². The van der Waals surface area contributed by atoms with Gasteiger partial charge >= 0.3 is 0 Å². The van der Waals surface area contributed by atoms with Gasteiger partial charge in [-0.2, -0.15) is 0 Å². The number of ketones is 3. The van der Waals surface area contributed by atoms with Crippen LogP contribution in [0.4, 0.5) is 0 Å². The summed E-state index contributed by atoms with van der Waals surface area (Å²) in [5.41, 5.74) is 2.79. The number of halogens is 2. The van der Waals surface area contributed by atoms with Crippen LogP contribution < -0.4 is 5.32 Å². The van der Waals surface area contributed by atoms with E-state index in [9.17, 15) is 14.4 Å². The monoisotopic (exact) mass is 514 g/mol. The molecule has 1 saturated heterocycles. The zero-order valence-corrected chi connectivity index (χ0v) is 20.6. The van der Waals surface area contributed by atoms with E-state index in [4.69, 9.17) is 23.2 Å². The highest BCUT2D eigenvalue weighted by molar-refractivity contribution is 6.35. The second kappa shape index (κ2) is 8.77. The number of allylic oxidation sites excluding steroid dienone is 3. The summed E-state index contributed by atoms with van der Waals surface area (Å²) in [6.45, 7) is 1.15. The Hall–Kier alpha value is -3.67. The maximum Gasteiger partial charge on any atom is 0.210 e. The van der Waals surface area contributed by atoms with Gasteiger partial charge in [0.15, 0.2) is 11.6 Å². The van der Waals surface area contributed by atoms with Gasteiger partial charge in [0.05, 0.1) is 16.3 Å². The molecular formula is C29H20Cl2N2O3. The molecule has 0 spiro atoms. The molecule has 2 aliphatic heterocycles. The first-order valence-electron chi connectivity index (χ1n) is 11.7. The third kappa shape index (κ3) is 3.42. The number of hydrogen-bond acceptors (Lipinski definition) is 5. The van der Waals surface area contributed by atoms with Crippen LogP contribution in [0.5, 0.6) is 0 Å². The second-order valence-electron chi connectivity index (χ2n) is 8.95. The van der Waals surface area contributed by atoms with Crippen molar-refractivity contribution in [2.75, 3.05) is 13.1 Å². The summed E-state index contributed by atoms with van der Waals surface area (Å²) in [5.74, 6) is -0.993. The third-order valence-electron chi connectivity index (χ3n) is 6.92. The molecule has 3 aliphatic rings. The molecule has 178 valence electrons. The number of nitrogens with one attached hydrogen (secondary N) is 1. The van der Waals surface area contributed by atoms with Crippen molar-refractivity contribution in [3.8, 4) is 0 Å². The second-order valence-corrected chi connectivity index (χ2v) is 9.80. The van der Waals surface area contributed by atoms with Gasteiger partial charge in [0.25, 0.3) is 0 Å². The van der Waals surface area contributed by atoms with Crippen LogP contribution in [0.2, 0.25) is 10.0 Å². The molecule has 2 heterocycles. The third-order valence-corrected chi connectivity index (χ3v) is 7.50. The van der Waals surface area contributed by atoms with Crippen molar-refractivity contribution < 1.29 is 14.4 Å². The molecule has 6 rings (SSSR count). The molecule has 3 aromatic rings. The number of nitrogens with zero attached hydrogens (tertiary/aromatic N) is 1. The first-order valence-corrected chi connectivity index (χ1v) is 12.5. The lowest BCUT2D eigenvalue weighted by atomic mass is 9.71. The average Bonchev–Trinajstić information content (AvgIpc) is 2.91. The number of Topliss-reactive ketones (excluding diaryl/α,β-unsaturated/α-hetero) is 3. The van der Waals surface area contributed by atoms with E-state index in [1.807, 2.05) is 4.90 Å². The summed E-state index contributed by atoms with van der Waals surface area (Å²) in [5, 5.41) is 4.22.